The third-order valence-corrected chi connectivity index (χ3v) is 2.37. The molecule has 0 aromatic heterocycles. The van der Waals surface area contributed by atoms with Gasteiger partial charge in [-0.05, 0) is 19.9 Å². The molecule has 0 fully saturated rings. The van der Waals surface area contributed by atoms with Gasteiger partial charge >= 0.3 is 6.16 Å². The minimum Gasteiger partial charge on any atom is -0.421 e. The van der Waals surface area contributed by atoms with Crippen molar-refractivity contribution in [2.24, 2.45) is 0 Å². The highest BCUT2D eigenvalue weighted by Crippen LogP contribution is 2.09. The van der Waals surface area contributed by atoms with E-state index in [1.807, 2.05) is 22.6 Å². The number of hydrogen-bond donors (Lipinski definition) is 0. The molecule has 0 saturated heterocycles. The number of carbonyl (C=O) groups excluding carboxylic acids is 1. The van der Waals surface area contributed by atoms with Crippen molar-refractivity contribution in [1.29, 1.82) is 0 Å². The van der Waals surface area contributed by atoms with Gasteiger partial charge < -0.3 is 9.47 Å². The Morgan fingerprint density at radius 3 is 2.85 bits per heavy atom. The van der Waals surface area contributed by atoms with Gasteiger partial charge in [-0.15, -0.1) is 0 Å². The fourth-order valence-corrected chi connectivity index (χ4v) is 1.97. The lowest BCUT2D eigenvalue weighted by Gasteiger charge is -2.08. The lowest BCUT2D eigenvalue weighted by Crippen LogP contribution is -2.14. The second-order valence-electron chi connectivity index (χ2n) is 1.82. The summed E-state index contributed by atoms with van der Waals surface area (Å²) in [4.78, 5) is 10.8. The minimum absolute atomic E-state index is 0.0653. The molecule has 1 atom stereocenters. The van der Waals surface area contributed by atoms with Crippen molar-refractivity contribution in [3.05, 3.63) is 0 Å². The van der Waals surface area contributed by atoms with Gasteiger partial charge in [0.2, 0.25) is 0 Å². The maximum Gasteiger partial charge on any atom is 0.510 e. The molecule has 0 aromatic carbocycles. The van der Waals surface area contributed by atoms with Crippen LogP contribution in [0, 0.1) is 9.85 Å². The monoisotopic (exact) mass is 424 g/mol. The van der Waals surface area contributed by atoms with Crippen LogP contribution in [0.1, 0.15) is 6.42 Å². The summed E-state index contributed by atoms with van der Waals surface area (Å²) in [6.45, 7) is 0.0653. The van der Waals surface area contributed by atoms with E-state index in [0.29, 0.717) is 6.42 Å². The maximum absolute atomic E-state index is 10.8. The number of rotatable bonds is 4. The summed E-state index contributed by atoms with van der Waals surface area (Å²) in [6, 6.07) is 0. The Bertz CT molecular complexity index is 212. The summed E-state index contributed by atoms with van der Waals surface area (Å²) >= 11 is 8.24. The summed E-state index contributed by atoms with van der Waals surface area (Å²) in [5.74, 6) is 2.57. The Morgan fingerprint density at radius 1 is 1.62 bits per heavy atom. The first kappa shape index (κ1) is 13.5. The van der Waals surface area contributed by atoms with Crippen LogP contribution in [0.25, 0.3) is 0 Å². The van der Waals surface area contributed by atoms with E-state index in [1.54, 1.807) is 0 Å². The Kier molecular flexibility index (Phi) is 9.45. The van der Waals surface area contributed by atoms with E-state index in [0.717, 1.165) is 5.33 Å². The lowest BCUT2D eigenvalue weighted by molar-refractivity contribution is 0.0576. The van der Waals surface area contributed by atoms with Gasteiger partial charge in [-0.25, -0.2) is 4.79 Å². The largest absolute Gasteiger partial charge is 0.510 e. The van der Waals surface area contributed by atoms with Gasteiger partial charge in [0.1, 0.15) is 0 Å². The number of hydrogen-bond acceptors (Lipinski definition) is 3. The average Bonchev–Trinajstić information content (AvgIpc) is 2.05. The highest BCUT2D eigenvalue weighted by Gasteiger charge is 2.10. The molecule has 74 valence electrons. The van der Waals surface area contributed by atoms with Gasteiger partial charge in [0, 0.05) is 34.3 Å². The van der Waals surface area contributed by atoms with Crippen molar-refractivity contribution >= 4 is 60.6 Å². The van der Waals surface area contributed by atoms with Gasteiger partial charge in [-0.3, -0.25) is 0 Å². The molecule has 0 heterocycles. The minimum atomic E-state index is -0.707. The summed E-state index contributed by atoms with van der Waals surface area (Å²) in [5.41, 5.74) is 0. The van der Waals surface area contributed by atoms with E-state index < -0.39 is 6.16 Å². The maximum atomic E-state index is 10.8. The summed E-state index contributed by atoms with van der Waals surface area (Å²) in [5, 5.41) is 0.441. The van der Waals surface area contributed by atoms with Crippen LogP contribution in [0.4, 0.5) is 4.79 Å². The van der Waals surface area contributed by atoms with E-state index >= 15 is 0 Å². The summed E-state index contributed by atoms with van der Waals surface area (Å²) < 4.78 is 12.0. The van der Waals surface area contributed by atoms with E-state index in [2.05, 4.69) is 46.4 Å². The molecule has 0 amide bonds. The van der Waals surface area contributed by atoms with Crippen molar-refractivity contribution in [1.82, 2.24) is 0 Å². The number of ether oxygens (including phenoxy) is 2. The predicted molar refractivity (Wildman–Crippen MR) is 65.4 cm³/mol. The molecule has 0 bridgehead atoms. The third kappa shape index (κ3) is 8.84. The molecule has 13 heavy (non-hydrogen) atoms. The molecule has 3 nitrogen and oxygen atoms in total. The van der Waals surface area contributed by atoms with Gasteiger partial charge in [0.25, 0.3) is 0 Å². The SMILES string of the molecule is O=C(OCC#CI)OC(Br)CCBr. The van der Waals surface area contributed by atoms with Crippen molar-refractivity contribution in [2.45, 2.75) is 11.4 Å². The van der Waals surface area contributed by atoms with Crippen molar-refractivity contribution < 1.29 is 14.3 Å². The van der Waals surface area contributed by atoms with Crippen molar-refractivity contribution in [2.75, 3.05) is 11.9 Å². The molecular weight excluding hydrogens is 419 g/mol. The number of halogens is 3. The van der Waals surface area contributed by atoms with E-state index in [4.69, 9.17) is 4.74 Å². The molecule has 0 rings (SSSR count). The average molecular weight is 426 g/mol. The molecular formula is C7H7Br2IO3. The second kappa shape index (κ2) is 9.09. The van der Waals surface area contributed by atoms with Crippen LogP contribution in [0.5, 0.6) is 0 Å². The third-order valence-electron chi connectivity index (χ3n) is 0.889. The fraction of sp³-hybridized carbons (Fsp3) is 0.571. The van der Waals surface area contributed by atoms with Crippen LogP contribution in [0.15, 0.2) is 0 Å². The zero-order chi connectivity index (χ0) is 10.1. The normalized spacial score (nSPS) is 11.0. The highest BCUT2D eigenvalue weighted by molar-refractivity contribution is 14.1. The molecule has 1 unspecified atom stereocenters. The first-order valence-corrected chi connectivity index (χ1v) is 6.44. The van der Waals surface area contributed by atoms with Gasteiger partial charge in [-0.1, -0.05) is 21.9 Å². The van der Waals surface area contributed by atoms with E-state index in [9.17, 15) is 4.79 Å². The van der Waals surface area contributed by atoms with Crippen LogP contribution >= 0.6 is 54.5 Å². The molecule has 0 spiro atoms. The standard InChI is InChI=1S/C7H7Br2IO3/c8-3-2-6(9)13-7(11)12-5-1-4-10/h6H,2-3,5H2. The van der Waals surface area contributed by atoms with E-state index in [1.165, 1.54) is 0 Å². The van der Waals surface area contributed by atoms with Crippen LogP contribution in [-0.4, -0.2) is 23.1 Å². The van der Waals surface area contributed by atoms with Gasteiger partial charge in [0.15, 0.2) is 11.6 Å². The van der Waals surface area contributed by atoms with Crippen molar-refractivity contribution in [3.8, 4) is 9.85 Å². The van der Waals surface area contributed by atoms with Gasteiger partial charge in [-0.2, -0.15) is 0 Å². The Morgan fingerprint density at radius 2 is 2.31 bits per heavy atom. The highest BCUT2D eigenvalue weighted by atomic mass is 127. The topological polar surface area (TPSA) is 35.5 Å². The van der Waals surface area contributed by atoms with Crippen LogP contribution in [-0.2, 0) is 9.47 Å². The fourth-order valence-electron chi connectivity index (χ4n) is 0.405. The van der Waals surface area contributed by atoms with E-state index in [-0.39, 0.29) is 11.6 Å². The molecule has 6 heteroatoms. The summed E-state index contributed by atoms with van der Waals surface area (Å²) in [6.07, 6.45) is -0.0189. The van der Waals surface area contributed by atoms with Crippen molar-refractivity contribution in [3.63, 3.8) is 0 Å². The first-order chi connectivity index (χ1) is 6.20. The first-order valence-electron chi connectivity index (χ1n) is 3.32. The lowest BCUT2D eigenvalue weighted by atomic mass is 10.5. The zero-order valence-electron chi connectivity index (χ0n) is 6.56. The van der Waals surface area contributed by atoms with Gasteiger partial charge in [0.05, 0.1) is 0 Å². The second-order valence-corrected chi connectivity index (χ2v) is 4.17. The Balaban J connectivity index is 3.53. The smallest absolute Gasteiger partial charge is 0.421 e. The molecule has 0 aromatic rings. The molecule has 0 aliphatic carbocycles. The number of carbonyl (C=O) groups is 1. The predicted octanol–water partition coefficient (Wildman–Crippen LogP) is 3.04. The van der Waals surface area contributed by atoms with Crippen LogP contribution in [0.2, 0.25) is 0 Å². The molecule has 0 aliphatic heterocycles. The quantitative estimate of drug-likeness (QED) is 0.300. The molecule has 0 saturated carbocycles. The number of alkyl halides is 2. The van der Waals surface area contributed by atoms with Crippen LogP contribution < -0.4 is 0 Å². The molecule has 0 radical (unpaired) electrons. The van der Waals surface area contributed by atoms with Crippen LogP contribution in [0.3, 0.4) is 0 Å². The zero-order valence-corrected chi connectivity index (χ0v) is 11.9. The summed E-state index contributed by atoms with van der Waals surface area (Å²) in [7, 11) is 0. The Labute approximate surface area is 107 Å². The Hall–Kier alpha value is 0.520. The molecule has 0 N–H and O–H groups in total. The molecule has 0 aliphatic rings.